The molecule has 0 saturated heterocycles. The van der Waals surface area contributed by atoms with Gasteiger partial charge in [0.15, 0.2) is 5.78 Å². The quantitative estimate of drug-likeness (QED) is 0.400. The second kappa shape index (κ2) is 5.14. The number of rotatable bonds is 4. The standard InChI is InChI=1S/C11H12O2/c1-2-13-9-8-11(12)10-6-4-3-5-7-10/h3-9H,2H2,1H3/b9-8+. The molecule has 0 saturated carbocycles. The lowest BCUT2D eigenvalue weighted by molar-refractivity contribution is 0.104. The maximum absolute atomic E-state index is 11.4. The maximum atomic E-state index is 11.4. The van der Waals surface area contributed by atoms with Crippen LogP contribution in [0.4, 0.5) is 0 Å². The number of hydrogen-bond donors (Lipinski definition) is 0. The molecule has 0 aliphatic heterocycles. The Morgan fingerprint density at radius 2 is 2.08 bits per heavy atom. The molecular formula is C11H12O2. The fraction of sp³-hybridized carbons (Fsp3) is 0.182. The summed E-state index contributed by atoms with van der Waals surface area (Å²) < 4.78 is 4.92. The molecule has 0 bridgehead atoms. The number of ether oxygens (including phenoxy) is 1. The van der Waals surface area contributed by atoms with Crippen LogP contribution in [0.2, 0.25) is 0 Å². The molecule has 0 atom stereocenters. The fourth-order valence-corrected chi connectivity index (χ4v) is 0.905. The molecule has 0 spiro atoms. The Morgan fingerprint density at radius 1 is 1.38 bits per heavy atom. The molecule has 2 heteroatoms. The number of hydrogen-bond acceptors (Lipinski definition) is 2. The van der Waals surface area contributed by atoms with Crippen molar-refractivity contribution in [3.8, 4) is 0 Å². The van der Waals surface area contributed by atoms with E-state index in [1.54, 1.807) is 12.1 Å². The van der Waals surface area contributed by atoms with Crippen molar-refractivity contribution in [1.82, 2.24) is 0 Å². The van der Waals surface area contributed by atoms with Crippen molar-refractivity contribution in [2.75, 3.05) is 6.61 Å². The van der Waals surface area contributed by atoms with Gasteiger partial charge in [-0.2, -0.15) is 0 Å². The summed E-state index contributed by atoms with van der Waals surface area (Å²) in [6.45, 7) is 2.45. The van der Waals surface area contributed by atoms with E-state index in [0.717, 1.165) is 0 Å². The number of carbonyl (C=O) groups excluding carboxylic acids is 1. The van der Waals surface area contributed by atoms with E-state index in [-0.39, 0.29) is 5.78 Å². The third-order valence-corrected chi connectivity index (χ3v) is 1.54. The van der Waals surface area contributed by atoms with E-state index in [4.69, 9.17) is 4.74 Å². The number of allylic oxidation sites excluding steroid dienone is 1. The van der Waals surface area contributed by atoms with Crippen molar-refractivity contribution in [2.24, 2.45) is 0 Å². The van der Waals surface area contributed by atoms with Crippen LogP contribution in [-0.2, 0) is 4.74 Å². The second-order valence-corrected chi connectivity index (χ2v) is 2.49. The van der Waals surface area contributed by atoms with Crippen LogP contribution >= 0.6 is 0 Å². The summed E-state index contributed by atoms with van der Waals surface area (Å²) in [5.41, 5.74) is 0.679. The van der Waals surface area contributed by atoms with E-state index < -0.39 is 0 Å². The summed E-state index contributed by atoms with van der Waals surface area (Å²) in [5.74, 6) is -0.0333. The predicted molar refractivity (Wildman–Crippen MR) is 51.5 cm³/mol. The van der Waals surface area contributed by atoms with Crippen molar-refractivity contribution in [1.29, 1.82) is 0 Å². The predicted octanol–water partition coefficient (Wildman–Crippen LogP) is 2.42. The van der Waals surface area contributed by atoms with Crippen molar-refractivity contribution in [3.05, 3.63) is 48.2 Å². The lowest BCUT2D eigenvalue weighted by Gasteiger charge is -1.94. The average molecular weight is 176 g/mol. The van der Waals surface area contributed by atoms with Crippen LogP contribution in [0.5, 0.6) is 0 Å². The number of ketones is 1. The Kier molecular flexibility index (Phi) is 3.76. The zero-order chi connectivity index (χ0) is 9.52. The van der Waals surface area contributed by atoms with E-state index in [1.165, 1.54) is 12.3 Å². The molecule has 0 heterocycles. The molecule has 1 aromatic rings. The lowest BCUT2D eigenvalue weighted by atomic mass is 10.1. The third kappa shape index (κ3) is 3.11. The first kappa shape index (κ1) is 9.52. The largest absolute Gasteiger partial charge is 0.501 e. The maximum Gasteiger partial charge on any atom is 0.188 e. The van der Waals surface area contributed by atoms with Crippen molar-refractivity contribution in [2.45, 2.75) is 6.92 Å². The fourth-order valence-electron chi connectivity index (χ4n) is 0.905. The molecular weight excluding hydrogens is 164 g/mol. The van der Waals surface area contributed by atoms with Crippen LogP contribution < -0.4 is 0 Å². The molecule has 0 radical (unpaired) electrons. The highest BCUT2D eigenvalue weighted by atomic mass is 16.5. The topological polar surface area (TPSA) is 26.3 Å². The van der Waals surface area contributed by atoms with E-state index >= 15 is 0 Å². The van der Waals surface area contributed by atoms with Gasteiger partial charge in [0.05, 0.1) is 12.9 Å². The van der Waals surface area contributed by atoms with Gasteiger partial charge in [-0.05, 0) is 6.92 Å². The molecule has 0 aliphatic carbocycles. The first-order valence-electron chi connectivity index (χ1n) is 4.22. The summed E-state index contributed by atoms with van der Waals surface area (Å²) in [6, 6.07) is 9.10. The van der Waals surface area contributed by atoms with Gasteiger partial charge in [-0.25, -0.2) is 0 Å². The van der Waals surface area contributed by atoms with E-state index in [1.807, 2.05) is 25.1 Å². The van der Waals surface area contributed by atoms with Gasteiger partial charge >= 0.3 is 0 Å². The SMILES string of the molecule is CCO/C=C/C(=O)c1ccccc1. The molecule has 0 aromatic heterocycles. The van der Waals surface area contributed by atoms with Gasteiger partial charge < -0.3 is 4.74 Å². The normalized spacial score (nSPS) is 10.2. The van der Waals surface area contributed by atoms with Crippen LogP contribution in [0.25, 0.3) is 0 Å². The zero-order valence-corrected chi connectivity index (χ0v) is 7.57. The van der Waals surface area contributed by atoms with E-state index in [9.17, 15) is 4.79 Å². The van der Waals surface area contributed by atoms with E-state index in [2.05, 4.69) is 0 Å². The third-order valence-electron chi connectivity index (χ3n) is 1.54. The molecule has 0 N–H and O–H groups in total. The first-order valence-corrected chi connectivity index (χ1v) is 4.22. The summed E-state index contributed by atoms with van der Waals surface area (Å²) >= 11 is 0. The van der Waals surface area contributed by atoms with Gasteiger partial charge in [0.25, 0.3) is 0 Å². The Balaban J connectivity index is 2.59. The molecule has 1 rings (SSSR count). The average Bonchev–Trinajstić information content (AvgIpc) is 2.19. The summed E-state index contributed by atoms with van der Waals surface area (Å²) in [4.78, 5) is 11.4. The van der Waals surface area contributed by atoms with Crippen molar-refractivity contribution >= 4 is 5.78 Å². The summed E-state index contributed by atoms with van der Waals surface area (Å²) in [5, 5.41) is 0. The van der Waals surface area contributed by atoms with Gasteiger partial charge in [0.2, 0.25) is 0 Å². The smallest absolute Gasteiger partial charge is 0.188 e. The Bertz CT molecular complexity index is 288. The lowest BCUT2D eigenvalue weighted by Crippen LogP contribution is -1.93. The van der Waals surface area contributed by atoms with E-state index in [0.29, 0.717) is 12.2 Å². The molecule has 13 heavy (non-hydrogen) atoms. The molecule has 1 aromatic carbocycles. The van der Waals surface area contributed by atoms with Crippen LogP contribution in [0, 0.1) is 0 Å². The molecule has 0 aliphatic rings. The molecule has 0 amide bonds. The minimum Gasteiger partial charge on any atom is -0.501 e. The molecule has 0 unspecified atom stereocenters. The summed E-state index contributed by atoms with van der Waals surface area (Å²) in [6.07, 6.45) is 2.86. The highest BCUT2D eigenvalue weighted by molar-refractivity contribution is 6.04. The van der Waals surface area contributed by atoms with Crippen LogP contribution in [0.1, 0.15) is 17.3 Å². The van der Waals surface area contributed by atoms with Crippen LogP contribution in [0.15, 0.2) is 42.7 Å². The Morgan fingerprint density at radius 3 is 2.69 bits per heavy atom. The Hall–Kier alpha value is -1.57. The zero-order valence-electron chi connectivity index (χ0n) is 7.57. The van der Waals surface area contributed by atoms with Crippen LogP contribution in [-0.4, -0.2) is 12.4 Å². The van der Waals surface area contributed by atoms with Gasteiger partial charge in [-0.3, -0.25) is 4.79 Å². The minimum absolute atomic E-state index is 0.0333. The molecule has 2 nitrogen and oxygen atoms in total. The van der Waals surface area contributed by atoms with Gasteiger partial charge in [-0.1, -0.05) is 30.3 Å². The second-order valence-electron chi connectivity index (χ2n) is 2.49. The highest BCUT2D eigenvalue weighted by Crippen LogP contribution is 2.00. The number of benzene rings is 1. The van der Waals surface area contributed by atoms with Crippen molar-refractivity contribution < 1.29 is 9.53 Å². The molecule has 0 fully saturated rings. The molecule has 68 valence electrons. The van der Waals surface area contributed by atoms with Crippen LogP contribution in [0.3, 0.4) is 0 Å². The number of carbonyl (C=O) groups is 1. The monoisotopic (exact) mass is 176 g/mol. The van der Waals surface area contributed by atoms with Gasteiger partial charge in [-0.15, -0.1) is 0 Å². The van der Waals surface area contributed by atoms with Crippen molar-refractivity contribution in [3.63, 3.8) is 0 Å². The van der Waals surface area contributed by atoms with Gasteiger partial charge in [0.1, 0.15) is 0 Å². The summed E-state index contributed by atoms with van der Waals surface area (Å²) in [7, 11) is 0. The highest BCUT2D eigenvalue weighted by Gasteiger charge is 1.98. The first-order chi connectivity index (χ1) is 6.34. The Labute approximate surface area is 77.8 Å². The minimum atomic E-state index is -0.0333. The van der Waals surface area contributed by atoms with Gasteiger partial charge in [0, 0.05) is 11.6 Å².